The summed E-state index contributed by atoms with van der Waals surface area (Å²) in [5.41, 5.74) is 0.712. The number of fused-ring (bicyclic) bond motifs is 1. The van der Waals surface area contributed by atoms with Gasteiger partial charge >= 0.3 is 5.97 Å². The van der Waals surface area contributed by atoms with Gasteiger partial charge in [0.15, 0.2) is 21.4 Å². The number of rotatable bonds is 5. The van der Waals surface area contributed by atoms with E-state index in [1.54, 1.807) is 4.90 Å². The van der Waals surface area contributed by atoms with E-state index < -0.39 is 17.7 Å². The molecule has 0 aliphatic carbocycles. The third kappa shape index (κ3) is 4.21. The summed E-state index contributed by atoms with van der Waals surface area (Å²) in [6, 6.07) is 10.1. The minimum atomic E-state index is -1.65. The highest BCUT2D eigenvalue weighted by atomic mass is 35.5. The Balaban J connectivity index is 1.59. The third-order valence-corrected chi connectivity index (χ3v) is 6.48. The van der Waals surface area contributed by atoms with Crippen molar-refractivity contribution in [3.8, 4) is 0 Å². The van der Waals surface area contributed by atoms with Crippen LogP contribution in [0.5, 0.6) is 0 Å². The summed E-state index contributed by atoms with van der Waals surface area (Å²) < 4.78 is 3.84. The lowest BCUT2D eigenvalue weighted by Crippen LogP contribution is -2.57. The number of nitrogens with zero attached hydrogens (tertiary/aromatic N) is 5. The van der Waals surface area contributed by atoms with E-state index in [0.29, 0.717) is 13.1 Å². The zero-order chi connectivity index (χ0) is 23.0. The van der Waals surface area contributed by atoms with Gasteiger partial charge < -0.3 is 10.0 Å². The number of amides is 1. The number of hydrogen-bond acceptors (Lipinski definition) is 8. The van der Waals surface area contributed by atoms with Gasteiger partial charge in [0.2, 0.25) is 0 Å². The van der Waals surface area contributed by atoms with Crippen LogP contribution in [-0.4, -0.2) is 72.1 Å². The number of hydrogen-bond donors (Lipinski definition) is 1. The van der Waals surface area contributed by atoms with Crippen molar-refractivity contribution >= 4 is 51.1 Å². The van der Waals surface area contributed by atoms with Gasteiger partial charge in [-0.15, -0.1) is 0 Å². The Morgan fingerprint density at radius 2 is 1.81 bits per heavy atom. The molecule has 1 fully saturated rings. The smallest absolute Gasteiger partial charge is 0.379 e. The van der Waals surface area contributed by atoms with E-state index in [1.165, 1.54) is 5.56 Å². The Hall–Kier alpha value is -2.95. The van der Waals surface area contributed by atoms with Crippen molar-refractivity contribution in [3.63, 3.8) is 0 Å². The molecule has 1 saturated heterocycles. The first-order valence-corrected chi connectivity index (χ1v) is 11.1. The number of halogens is 1. The van der Waals surface area contributed by atoms with Crippen molar-refractivity contribution in [3.05, 3.63) is 52.4 Å². The number of carboxylic acid groups (broad SMARTS) is 1. The SMILES string of the molecule is C[C@@H]1CN(Cc2ccccc2)[C@@H](C)CN1C(=O)c1nc2c(C(=O)C(=O)O)nsc2nc1Cl. The van der Waals surface area contributed by atoms with E-state index in [4.69, 9.17) is 16.7 Å². The van der Waals surface area contributed by atoms with Gasteiger partial charge in [-0.2, -0.15) is 4.37 Å². The zero-order valence-electron chi connectivity index (χ0n) is 17.4. The number of carboxylic acids is 1. The van der Waals surface area contributed by atoms with Crippen LogP contribution in [0.25, 0.3) is 10.3 Å². The predicted octanol–water partition coefficient (Wildman–Crippen LogP) is 2.74. The number of piperazine rings is 1. The van der Waals surface area contributed by atoms with Gasteiger partial charge in [-0.25, -0.2) is 14.8 Å². The largest absolute Gasteiger partial charge is 0.475 e. The standard InChI is InChI=1S/C21H20ClN5O4S/c1-11-9-27(12(2)8-26(11)10-13-6-4-3-5-7-13)20(29)16-18(22)24-19-15(23-16)14(25-32-19)17(28)21(30)31/h3-7,11-12H,8-10H2,1-2H3,(H,30,31)/t11-,12+/m0/s1. The minimum absolute atomic E-state index is 0.0291. The molecule has 1 aliphatic heterocycles. The van der Waals surface area contributed by atoms with E-state index in [1.807, 2.05) is 25.1 Å². The summed E-state index contributed by atoms with van der Waals surface area (Å²) in [4.78, 5) is 48.9. The van der Waals surface area contributed by atoms with Gasteiger partial charge in [-0.1, -0.05) is 41.9 Å². The molecule has 1 aliphatic rings. The van der Waals surface area contributed by atoms with Crippen molar-refractivity contribution < 1.29 is 19.5 Å². The lowest BCUT2D eigenvalue weighted by atomic mass is 10.1. The van der Waals surface area contributed by atoms with Gasteiger partial charge in [-0.05, 0) is 30.9 Å². The highest BCUT2D eigenvalue weighted by Gasteiger charge is 2.35. The summed E-state index contributed by atoms with van der Waals surface area (Å²) in [6.45, 7) is 5.91. The van der Waals surface area contributed by atoms with Gasteiger partial charge in [0, 0.05) is 31.7 Å². The van der Waals surface area contributed by atoms with Crippen LogP contribution in [0, 0.1) is 0 Å². The fourth-order valence-corrected chi connectivity index (χ4v) is 4.76. The van der Waals surface area contributed by atoms with Crippen LogP contribution in [0.15, 0.2) is 30.3 Å². The molecule has 0 unspecified atom stereocenters. The number of carbonyl (C=O) groups excluding carboxylic acids is 2. The number of Topliss-reactive ketones (excluding diaryl/α,β-unsaturated/α-hetero) is 1. The number of aliphatic carboxylic acids is 1. The van der Waals surface area contributed by atoms with E-state index in [9.17, 15) is 14.4 Å². The monoisotopic (exact) mass is 473 g/mol. The van der Waals surface area contributed by atoms with E-state index in [-0.39, 0.29) is 39.0 Å². The fourth-order valence-electron chi connectivity index (χ4n) is 3.79. The maximum Gasteiger partial charge on any atom is 0.379 e. The molecule has 0 radical (unpaired) electrons. The summed E-state index contributed by atoms with van der Waals surface area (Å²) in [7, 11) is 0. The highest BCUT2D eigenvalue weighted by molar-refractivity contribution is 7.13. The lowest BCUT2D eigenvalue weighted by molar-refractivity contribution is -0.131. The number of ketones is 1. The van der Waals surface area contributed by atoms with Crippen LogP contribution in [0.3, 0.4) is 0 Å². The first-order valence-electron chi connectivity index (χ1n) is 9.95. The molecule has 2 atom stereocenters. The first kappa shape index (κ1) is 22.3. The molecule has 32 heavy (non-hydrogen) atoms. The highest BCUT2D eigenvalue weighted by Crippen LogP contribution is 2.26. The molecule has 1 aromatic carbocycles. The fraction of sp³-hybridized carbons (Fsp3) is 0.333. The Bertz CT molecular complexity index is 1200. The number of carbonyl (C=O) groups is 3. The summed E-state index contributed by atoms with van der Waals surface area (Å²) in [6.07, 6.45) is 0. The van der Waals surface area contributed by atoms with Crippen LogP contribution < -0.4 is 0 Å². The van der Waals surface area contributed by atoms with Crippen molar-refractivity contribution in [1.82, 2.24) is 24.1 Å². The van der Waals surface area contributed by atoms with Crippen molar-refractivity contribution in [2.75, 3.05) is 13.1 Å². The second-order valence-electron chi connectivity index (χ2n) is 7.75. The molecule has 0 bridgehead atoms. The molecule has 1 amide bonds. The van der Waals surface area contributed by atoms with Gasteiger partial charge in [0.25, 0.3) is 11.7 Å². The number of benzene rings is 1. The summed E-state index contributed by atoms with van der Waals surface area (Å²) in [5, 5.41) is 8.90. The molecular formula is C21H20ClN5O4S. The molecule has 3 heterocycles. The van der Waals surface area contributed by atoms with Crippen LogP contribution in [0.4, 0.5) is 0 Å². The second kappa shape index (κ2) is 8.89. The Labute approximate surface area is 192 Å². The summed E-state index contributed by atoms with van der Waals surface area (Å²) in [5.74, 6) is -3.27. The van der Waals surface area contributed by atoms with Gasteiger partial charge in [0.05, 0.1) is 0 Å². The molecule has 4 rings (SSSR count). The molecule has 0 spiro atoms. The second-order valence-corrected chi connectivity index (χ2v) is 8.86. The molecule has 0 saturated carbocycles. The van der Waals surface area contributed by atoms with Crippen LogP contribution in [0.1, 0.15) is 40.4 Å². The zero-order valence-corrected chi connectivity index (χ0v) is 18.9. The lowest BCUT2D eigenvalue weighted by Gasteiger charge is -2.44. The molecular weight excluding hydrogens is 454 g/mol. The minimum Gasteiger partial charge on any atom is -0.475 e. The van der Waals surface area contributed by atoms with E-state index in [2.05, 4.69) is 38.3 Å². The average molecular weight is 474 g/mol. The van der Waals surface area contributed by atoms with E-state index >= 15 is 0 Å². The van der Waals surface area contributed by atoms with Crippen LogP contribution in [0.2, 0.25) is 5.15 Å². The summed E-state index contributed by atoms with van der Waals surface area (Å²) >= 11 is 7.04. The Kier molecular flexibility index (Phi) is 6.18. The Morgan fingerprint density at radius 3 is 2.50 bits per heavy atom. The van der Waals surface area contributed by atoms with Crippen molar-refractivity contribution in [2.45, 2.75) is 32.5 Å². The molecule has 3 aromatic rings. The maximum absolute atomic E-state index is 13.3. The molecule has 2 aromatic heterocycles. The van der Waals surface area contributed by atoms with Crippen LogP contribution >= 0.6 is 23.1 Å². The topological polar surface area (TPSA) is 117 Å². The number of aromatic nitrogens is 3. The van der Waals surface area contributed by atoms with Gasteiger partial charge in [0.1, 0.15) is 5.52 Å². The average Bonchev–Trinajstić information content (AvgIpc) is 3.17. The van der Waals surface area contributed by atoms with Crippen molar-refractivity contribution in [1.29, 1.82) is 0 Å². The molecule has 1 N–H and O–H groups in total. The van der Waals surface area contributed by atoms with E-state index in [0.717, 1.165) is 18.1 Å². The van der Waals surface area contributed by atoms with Crippen molar-refractivity contribution in [2.24, 2.45) is 0 Å². The molecule has 166 valence electrons. The Morgan fingerprint density at radius 1 is 1.09 bits per heavy atom. The maximum atomic E-state index is 13.3. The molecule has 9 nitrogen and oxygen atoms in total. The first-order chi connectivity index (χ1) is 15.3. The molecule has 11 heteroatoms. The van der Waals surface area contributed by atoms with Gasteiger partial charge in [-0.3, -0.25) is 14.5 Å². The van der Waals surface area contributed by atoms with Crippen LogP contribution in [-0.2, 0) is 11.3 Å². The third-order valence-electron chi connectivity index (χ3n) is 5.49. The predicted molar refractivity (Wildman–Crippen MR) is 119 cm³/mol. The normalized spacial score (nSPS) is 19.3. The quantitative estimate of drug-likeness (QED) is 0.444.